The van der Waals surface area contributed by atoms with Gasteiger partial charge in [0.05, 0.1) is 0 Å². The fourth-order valence-electron chi connectivity index (χ4n) is 1.44. The van der Waals surface area contributed by atoms with Crippen LogP contribution in [0.1, 0.15) is 34.6 Å². The third kappa shape index (κ3) is 4.65. The summed E-state index contributed by atoms with van der Waals surface area (Å²) >= 11 is 0. The molecule has 2 N–H and O–H groups in total. The van der Waals surface area contributed by atoms with E-state index in [2.05, 4.69) is 16.9 Å². The van der Waals surface area contributed by atoms with E-state index >= 15 is 0 Å². The summed E-state index contributed by atoms with van der Waals surface area (Å²) < 4.78 is 0. The minimum Gasteiger partial charge on any atom is -0.345 e. The fraction of sp³-hybridized carbons (Fsp3) is 0.500. The number of allylic oxidation sites excluding steroid dienone is 1. The maximum Gasteiger partial charge on any atom is 0.270 e. The third-order valence-electron chi connectivity index (χ3n) is 2.96. The predicted molar refractivity (Wildman–Crippen MR) is 77.2 cm³/mol. The molecule has 100 valence electrons. The number of aliphatic imine (C=N–C) groups is 1. The number of rotatable bonds is 6. The second-order valence-corrected chi connectivity index (χ2v) is 4.78. The molecule has 0 aromatic rings. The van der Waals surface area contributed by atoms with Crippen molar-refractivity contribution in [1.29, 1.82) is 5.41 Å². The molecule has 0 aromatic carbocycles. The van der Waals surface area contributed by atoms with Gasteiger partial charge >= 0.3 is 0 Å². The van der Waals surface area contributed by atoms with Gasteiger partial charge in [-0.15, -0.1) is 0 Å². The average molecular weight is 249 g/mol. The lowest BCUT2D eigenvalue weighted by Gasteiger charge is -2.32. The third-order valence-corrected chi connectivity index (χ3v) is 2.96. The van der Waals surface area contributed by atoms with E-state index in [1.165, 1.54) is 6.20 Å². The SMILES string of the molecule is C=CN=C(/C=C\C)C(=O)NC(C)(C)C(C)C(C)=N. The van der Waals surface area contributed by atoms with Crippen molar-refractivity contribution in [3.05, 3.63) is 24.9 Å². The highest BCUT2D eigenvalue weighted by atomic mass is 16.2. The summed E-state index contributed by atoms with van der Waals surface area (Å²) in [4.78, 5) is 16.0. The fourth-order valence-corrected chi connectivity index (χ4v) is 1.44. The maximum atomic E-state index is 12.1. The highest BCUT2D eigenvalue weighted by molar-refractivity contribution is 6.43. The Kier molecular flexibility index (Phi) is 6.23. The Morgan fingerprint density at radius 2 is 2.06 bits per heavy atom. The Bertz CT molecular complexity index is 392. The first kappa shape index (κ1) is 16.3. The molecule has 0 rings (SSSR count). The molecule has 0 spiro atoms. The van der Waals surface area contributed by atoms with Crippen molar-refractivity contribution in [3.8, 4) is 0 Å². The lowest BCUT2D eigenvalue weighted by atomic mass is 9.85. The first-order valence-electron chi connectivity index (χ1n) is 5.95. The molecule has 0 radical (unpaired) electrons. The Morgan fingerprint density at radius 1 is 1.50 bits per heavy atom. The molecule has 4 heteroatoms. The lowest BCUT2D eigenvalue weighted by molar-refractivity contribution is -0.116. The first-order valence-corrected chi connectivity index (χ1v) is 5.95. The van der Waals surface area contributed by atoms with Gasteiger partial charge in [-0.25, -0.2) is 0 Å². The molecule has 0 aliphatic rings. The van der Waals surface area contributed by atoms with Crippen LogP contribution in [0, 0.1) is 11.3 Å². The molecule has 1 unspecified atom stereocenters. The van der Waals surface area contributed by atoms with E-state index in [0.717, 1.165) is 0 Å². The van der Waals surface area contributed by atoms with Crippen molar-refractivity contribution in [2.45, 2.75) is 40.2 Å². The number of carbonyl (C=O) groups is 1. The van der Waals surface area contributed by atoms with E-state index in [9.17, 15) is 4.79 Å². The average Bonchev–Trinajstić information content (AvgIpc) is 2.26. The van der Waals surface area contributed by atoms with E-state index in [1.807, 2.05) is 27.7 Å². The van der Waals surface area contributed by atoms with Gasteiger partial charge < -0.3 is 10.7 Å². The number of carbonyl (C=O) groups excluding carboxylic acids is 1. The summed E-state index contributed by atoms with van der Waals surface area (Å²) in [6.07, 6.45) is 4.72. The van der Waals surface area contributed by atoms with Crippen molar-refractivity contribution in [1.82, 2.24) is 5.32 Å². The van der Waals surface area contributed by atoms with E-state index in [-0.39, 0.29) is 11.8 Å². The summed E-state index contributed by atoms with van der Waals surface area (Å²) in [6.45, 7) is 12.8. The molecule has 0 saturated heterocycles. The Labute approximate surface area is 109 Å². The molecule has 0 fully saturated rings. The Balaban J connectivity index is 4.98. The van der Waals surface area contributed by atoms with Gasteiger partial charge in [-0.2, -0.15) is 0 Å². The van der Waals surface area contributed by atoms with Crippen LogP contribution in [-0.4, -0.2) is 22.9 Å². The number of amides is 1. The van der Waals surface area contributed by atoms with Crippen LogP contribution in [0.15, 0.2) is 29.9 Å². The summed E-state index contributed by atoms with van der Waals surface area (Å²) in [5.74, 6) is -0.303. The van der Waals surface area contributed by atoms with Crippen LogP contribution >= 0.6 is 0 Å². The van der Waals surface area contributed by atoms with Crippen molar-refractivity contribution >= 4 is 17.3 Å². The zero-order valence-electron chi connectivity index (χ0n) is 11.9. The molecule has 0 bridgehead atoms. The van der Waals surface area contributed by atoms with Crippen LogP contribution in [0.2, 0.25) is 0 Å². The van der Waals surface area contributed by atoms with Gasteiger partial charge in [0.25, 0.3) is 5.91 Å². The first-order chi connectivity index (χ1) is 8.26. The summed E-state index contributed by atoms with van der Waals surface area (Å²) in [6, 6.07) is 0. The van der Waals surface area contributed by atoms with Crippen molar-refractivity contribution in [2.24, 2.45) is 10.9 Å². The van der Waals surface area contributed by atoms with Gasteiger partial charge in [0.15, 0.2) is 0 Å². The zero-order chi connectivity index (χ0) is 14.3. The van der Waals surface area contributed by atoms with Crippen molar-refractivity contribution in [2.75, 3.05) is 0 Å². The molecule has 1 amide bonds. The second-order valence-electron chi connectivity index (χ2n) is 4.78. The standard InChI is InChI=1S/C14H23N3O/c1-7-9-12(16-8-2)13(18)17-14(5,6)10(3)11(4)15/h7-10,15H,2H2,1,3-6H3,(H,17,18)/b9-7-,15-11?,16-12?. The van der Waals surface area contributed by atoms with Crippen LogP contribution in [0.5, 0.6) is 0 Å². The summed E-state index contributed by atoms with van der Waals surface area (Å²) in [5.41, 5.74) is 0.357. The highest BCUT2D eigenvalue weighted by Gasteiger charge is 2.29. The van der Waals surface area contributed by atoms with Crippen LogP contribution in [0.3, 0.4) is 0 Å². The van der Waals surface area contributed by atoms with Crippen LogP contribution in [0.4, 0.5) is 0 Å². The van der Waals surface area contributed by atoms with E-state index in [0.29, 0.717) is 11.4 Å². The maximum absolute atomic E-state index is 12.1. The molecule has 0 aliphatic heterocycles. The van der Waals surface area contributed by atoms with Crippen molar-refractivity contribution in [3.63, 3.8) is 0 Å². The summed E-state index contributed by atoms with van der Waals surface area (Å²) in [7, 11) is 0. The van der Waals surface area contributed by atoms with Crippen molar-refractivity contribution < 1.29 is 4.79 Å². The van der Waals surface area contributed by atoms with Crippen LogP contribution < -0.4 is 5.32 Å². The molecular formula is C14H23N3O. The van der Waals surface area contributed by atoms with Gasteiger partial charge in [-0.05, 0) is 33.8 Å². The molecule has 0 heterocycles. The van der Waals surface area contributed by atoms with Crippen LogP contribution in [-0.2, 0) is 4.79 Å². The summed E-state index contributed by atoms with van der Waals surface area (Å²) in [5, 5.41) is 10.6. The highest BCUT2D eigenvalue weighted by Crippen LogP contribution is 2.17. The van der Waals surface area contributed by atoms with E-state index in [4.69, 9.17) is 5.41 Å². The number of nitrogens with zero attached hydrogens (tertiary/aromatic N) is 1. The van der Waals surface area contributed by atoms with Crippen LogP contribution in [0.25, 0.3) is 0 Å². The molecule has 0 saturated carbocycles. The number of nitrogens with one attached hydrogen (secondary N) is 2. The Morgan fingerprint density at radius 3 is 2.44 bits per heavy atom. The molecular weight excluding hydrogens is 226 g/mol. The molecule has 1 atom stereocenters. The lowest BCUT2D eigenvalue weighted by Crippen LogP contribution is -2.52. The van der Waals surface area contributed by atoms with Gasteiger partial charge in [0.1, 0.15) is 5.71 Å². The normalized spacial score (nSPS) is 14.4. The largest absolute Gasteiger partial charge is 0.345 e. The minimum absolute atomic E-state index is 0.0444. The zero-order valence-corrected chi connectivity index (χ0v) is 11.9. The van der Waals surface area contributed by atoms with E-state index < -0.39 is 5.54 Å². The Hall–Kier alpha value is -1.71. The van der Waals surface area contributed by atoms with Gasteiger partial charge in [0, 0.05) is 23.4 Å². The van der Waals surface area contributed by atoms with Gasteiger partial charge in [-0.1, -0.05) is 19.6 Å². The van der Waals surface area contributed by atoms with Gasteiger partial charge in [-0.3, -0.25) is 9.79 Å². The molecule has 0 aliphatic carbocycles. The number of hydrogen-bond acceptors (Lipinski definition) is 3. The number of hydrogen-bond donors (Lipinski definition) is 2. The van der Waals surface area contributed by atoms with Gasteiger partial charge in [0.2, 0.25) is 0 Å². The second kappa shape index (κ2) is 6.89. The smallest absolute Gasteiger partial charge is 0.270 e. The molecule has 4 nitrogen and oxygen atoms in total. The molecule has 0 aromatic heterocycles. The quantitative estimate of drug-likeness (QED) is 0.698. The predicted octanol–water partition coefficient (Wildman–Crippen LogP) is 2.72. The topological polar surface area (TPSA) is 65.3 Å². The monoisotopic (exact) mass is 249 g/mol. The van der Waals surface area contributed by atoms with E-state index in [1.54, 1.807) is 19.1 Å². The minimum atomic E-state index is -0.494. The molecule has 18 heavy (non-hydrogen) atoms.